The van der Waals surface area contributed by atoms with Crippen LogP contribution in [0.15, 0.2) is 24.3 Å². The first kappa shape index (κ1) is 17.5. The summed E-state index contributed by atoms with van der Waals surface area (Å²) < 4.78 is 9.97. The Labute approximate surface area is 139 Å². The summed E-state index contributed by atoms with van der Waals surface area (Å²) in [6, 6.07) is 6.41. The Morgan fingerprint density at radius 1 is 1.35 bits per heavy atom. The number of hydrogen-bond acceptors (Lipinski definition) is 4. The van der Waals surface area contributed by atoms with E-state index >= 15 is 0 Å². The topological polar surface area (TPSA) is 79.9 Å². The molecule has 8 heteroatoms. The van der Waals surface area contributed by atoms with E-state index in [1.807, 2.05) is 0 Å². The molecule has 1 aromatic carbocycles. The van der Waals surface area contributed by atoms with Gasteiger partial charge in [-0.3, -0.25) is 4.79 Å². The molecule has 1 aliphatic rings. The van der Waals surface area contributed by atoms with Crippen molar-refractivity contribution in [2.75, 3.05) is 32.2 Å². The van der Waals surface area contributed by atoms with Crippen molar-refractivity contribution in [3.8, 4) is 0 Å². The molecule has 0 saturated carbocycles. The quantitative estimate of drug-likeness (QED) is 0.766. The van der Waals surface area contributed by atoms with Gasteiger partial charge in [0, 0.05) is 37.9 Å². The molecule has 1 fully saturated rings. The highest BCUT2D eigenvalue weighted by Gasteiger charge is 2.31. The van der Waals surface area contributed by atoms with Crippen LogP contribution in [-0.2, 0) is 14.3 Å². The Kier molecular flexibility index (Phi) is 6.20. The lowest BCUT2D eigenvalue weighted by Gasteiger charge is -2.18. The minimum absolute atomic E-state index is 0.0377. The summed E-state index contributed by atoms with van der Waals surface area (Å²) in [5.74, 6) is -0.0377. The molecule has 0 unspecified atom stereocenters. The molecule has 0 radical (unpaired) electrons. The molecule has 1 aromatic rings. The summed E-state index contributed by atoms with van der Waals surface area (Å²) in [6.45, 7) is 0.645. The van der Waals surface area contributed by atoms with Crippen molar-refractivity contribution in [1.29, 1.82) is 0 Å². The van der Waals surface area contributed by atoms with Crippen LogP contribution in [0.2, 0.25) is 5.02 Å². The standard InChI is InChI=1S/C15H20ClN3O4/c1-22-14(23-2)8-17-15(21)18-11-7-13(20)19(9-11)12-5-3-10(16)4-6-12/h3-6,11,14H,7-9H2,1-2H3,(H2,17,18,21)/t11-/m0/s1. The fraction of sp³-hybridized carbons (Fsp3) is 0.467. The highest BCUT2D eigenvalue weighted by atomic mass is 35.5. The number of rotatable bonds is 6. The second-order valence-corrected chi connectivity index (χ2v) is 5.57. The Hall–Kier alpha value is -1.83. The lowest BCUT2D eigenvalue weighted by atomic mass is 10.2. The number of carbonyl (C=O) groups excluding carboxylic acids is 2. The van der Waals surface area contributed by atoms with Crippen molar-refractivity contribution in [2.24, 2.45) is 0 Å². The third kappa shape index (κ3) is 4.82. The molecule has 0 aromatic heterocycles. The molecule has 23 heavy (non-hydrogen) atoms. The number of nitrogens with one attached hydrogen (secondary N) is 2. The molecule has 1 heterocycles. The van der Waals surface area contributed by atoms with Crippen LogP contribution in [-0.4, -0.2) is 51.6 Å². The molecule has 0 spiro atoms. The highest BCUT2D eigenvalue weighted by Crippen LogP contribution is 2.23. The summed E-state index contributed by atoms with van der Waals surface area (Å²) in [7, 11) is 2.99. The van der Waals surface area contributed by atoms with E-state index in [0.717, 1.165) is 5.69 Å². The molecule has 0 aliphatic carbocycles. The molecule has 7 nitrogen and oxygen atoms in total. The monoisotopic (exact) mass is 341 g/mol. The zero-order valence-electron chi connectivity index (χ0n) is 13.0. The SMILES string of the molecule is COC(CNC(=O)N[C@H]1CC(=O)N(c2ccc(Cl)cc2)C1)OC. The van der Waals surface area contributed by atoms with Gasteiger partial charge in [0.25, 0.3) is 0 Å². The first-order chi connectivity index (χ1) is 11.0. The van der Waals surface area contributed by atoms with Gasteiger partial charge in [-0.25, -0.2) is 4.79 Å². The number of nitrogens with zero attached hydrogens (tertiary/aromatic N) is 1. The fourth-order valence-electron chi connectivity index (χ4n) is 2.35. The van der Waals surface area contributed by atoms with Crippen LogP contribution < -0.4 is 15.5 Å². The van der Waals surface area contributed by atoms with Crippen LogP contribution in [0.3, 0.4) is 0 Å². The highest BCUT2D eigenvalue weighted by molar-refractivity contribution is 6.30. The predicted molar refractivity (Wildman–Crippen MR) is 86.6 cm³/mol. The maximum Gasteiger partial charge on any atom is 0.315 e. The lowest BCUT2D eigenvalue weighted by Crippen LogP contribution is -2.46. The summed E-state index contributed by atoms with van der Waals surface area (Å²) in [4.78, 5) is 25.6. The average molecular weight is 342 g/mol. The molecular formula is C15H20ClN3O4. The van der Waals surface area contributed by atoms with Crippen molar-refractivity contribution in [1.82, 2.24) is 10.6 Å². The fourth-order valence-corrected chi connectivity index (χ4v) is 2.48. The van der Waals surface area contributed by atoms with Crippen molar-refractivity contribution < 1.29 is 19.1 Å². The molecule has 1 aliphatic heterocycles. The van der Waals surface area contributed by atoms with Crippen molar-refractivity contribution in [3.63, 3.8) is 0 Å². The third-order valence-electron chi connectivity index (χ3n) is 3.55. The van der Waals surface area contributed by atoms with Crippen molar-refractivity contribution in [3.05, 3.63) is 29.3 Å². The zero-order chi connectivity index (χ0) is 16.8. The average Bonchev–Trinajstić information content (AvgIpc) is 2.89. The minimum Gasteiger partial charge on any atom is -0.354 e. The van der Waals surface area contributed by atoms with Gasteiger partial charge < -0.3 is 25.0 Å². The number of benzene rings is 1. The van der Waals surface area contributed by atoms with E-state index in [1.165, 1.54) is 14.2 Å². The number of ether oxygens (including phenoxy) is 2. The van der Waals surface area contributed by atoms with Crippen LogP contribution in [0.5, 0.6) is 0 Å². The van der Waals surface area contributed by atoms with Gasteiger partial charge in [-0.05, 0) is 24.3 Å². The lowest BCUT2D eigenvalue weighted by molar-refractivity contribution is -0.117. The number of hydrogen-bond donors (Lipinski definition) is 2. The first-order valence-electron chi connectivity index (χ1n) is 7.19. The van der Waals surface area contributed by atoms with Crippen LogP contribution in [0.25, 0.3) is 0 Å². The van der Waals surface area contributed by atoms with E-state index in [-0.39, 0.29) is 30.9 Å². The number of amides is 3. The van der Waals surface area contributed by atoms with E-state index in [4.69, 9.17) is 21.1 Å². The molecule has 2 N–H and O–H groups in total. The Morgan fingerprint density at radius 3 is 2.61 bits per heavy atom. The van der Waals surface area contributed by atoms with Gasteiger partial charge in [-0.2, -0.15) is 0 Å². The van der Waals surface area contributed by atoms with Gasteiger partial charge >= 0.3 is 6.03 Å². The second-order valence-electron chi connectivity index (χ2n) is 5.14. The van der Waals surface area contributed by atoms with E-state index in [9.17, 15) is 9.59 Å². The minimum atomic E-state index is -0.503. The molecule has 1 saturated heterocycles. The summed E-state index contributed by atoms with van der Waals surface area (Å²) in [6.07, 6.45) is -0.245. The third-order valence-corrected chi connectivity index (χ3v) is 3.81. The Morgan fingerprint density at radius 2 is 2.00 bits per heavy atom. The number of anilines is 1. The van der Waals surface area contributed by atoms with Gasteiger partial charge in [0.05, 0.1) is 12.6 Å². The number of methoxy groups -OCH3 is 2. The van der Waals surface area contributed by atoms with Gasteiger partial charge in [-0.15, -0.1) is 0 Å². The van der Waals surface area contributed by atoms with E-state index in [0.29, 0.717) is 11.6 Å². The van der Waals surface area contributed by atoms with Crippen LogP contribution in [0.4, 0.5) is 10.5 Å². The molecule has 3 amide bonds. The van der Waals surface area contributed by atoms with Gasteiger partial charge in [0.2, 0.25) is 5.91 Å². The first-order valence-corrected chi connectivity index (χ1v) is 7.57. The van der Waals surface area contributed by atoms with Gasteiger partial charge in [0.1, 0.15) is 0 Å². The number of carbonyl (C=O) groups is 2. The van der Waals surface area contributed by atoms with Gasteiger partial charge in [-0.1, -0.05) is 11.6 Å². The van der Waals surface area contributed by atoms with E-state index < -0.39 is 6.29 Å². The van der Waals surface area contributed by atoms with Crippen LogP contribution >= 0.6 is 11.6 Å². The van der Waals surface area contributed by atoms with Crippen LogP contribution in [0.1, 0.15) is 6.42 Å². The molecule has 1 atom stereocenters. The van der Waals surface area contributed by atoms with E-state index in [2.05, 4.69) is 10.6 Å². The smallest absolute Gasteiger partial charge is 0.315 e. The predicted octanol–water partition coefficient (Wildman–Crippen LogP) is 1.36. The van der Waals surface area contributed by atoms with E-state index in [1.54, 1.807) is 29.2 Å². The van der Waals surface area contributed by atoms with Crippen molar-refractivity contribution in [2.45, 2.75) is 18.8 Å². The second kappa shape index (κ2) is 8.14. The van der Waals surface area contributed by atoms with Crippen molar-refractivity contribution >= 4 is 29.2 Å². The normalized spacial score (nSPS) is 17.7. The maximum atomic E-state index is 12.1. The molecular weight excluding hydrogens is 322 g/mol. The zero-order valence-corrected chi connectivity index (χ0v) is 13.8. The summed E-state index contributed by atoms with van der Waals surface area (Å²) in [5, 5.41) is 6.03. The Bertz CT molecular complexity index is 548. The molecule has 2 rings (SSSR count). The molecule has 126 valence electrons. The number of halogens is 1. The Balaban J connectivity index is 1.85. The number of urea groups is 1. The summed E-state index contributed by atoms with van der Waals surface area (Å²) >= 11 is 5.85. The maximum absolute atomic E-state index is 12.1. The summed E-state index contributed by atoms with van der Waals surface area (Å²) in [5.41, 5.74) is 0.767. The van der Waals surface area contributed by atoms with Crippen LogP contribution in [0, 0.1) is 0 Å². The van der Waals surface area contributed by atoms with Gasteiger partial charge in [0.15, 0.2) is 6.29 Å². The molecule has 0 bridgehead atoms. The largest absolute Gasteiger partial charge is 0.354 e.